The highest BCUT2D eigenvalue weighted by Crippen LogP contribution is 2.35. The lowest BCUT2D eigenvalue weighted by Gasteiger charge is -2.15. The Labute approximate surface area is 187 Å². The zero-order valence-electron chi connectivity index (χ0n) is 17.0. The van der Waals surface area contributed by atoms with Crippen LogP contribution in [-0.2, 0) is 24.7 Å². The summed E-state index contributed by atoms with van der Waals surface area (Å²) >= 11 is 8.92. The number of carbonyl (C=O) groups is 1. The Hall–Kier alpha value is -2.03. The van der Waals surface area contributed by atoms with E-state index >= 15 is 0 Å². The highest BCUT2D eigenvalue weighted by atomic mass is 35.5. The number of halogens is 1. The standard InChI is InChI=1S/C21H22ClN3O3S2/c1-11(18(26)23-14-10-12(22)8-9-15(14)28-3)29-21-24-19-17(20(27)25(21)2)13-6-4-5-7-16(13)30-19/h8-11H,4-7H2,1-3H3,(H,23,26)/t11-/m1/s1. The zero-order valence-corrected chi connectivity index (χ0v) is 19.3. The van der Waals surface area contributed by atoms with Crippen molar-refractivity contribution in [1.29, 1.82) is 0 Å². The van der Waals surface area contributed by atoms with Crippen molar-refractivity contribution in [3.63, 3.8) is 0 Å². The van der Waals surface area contributed by atoms with Gasteiger partial charge in [0.1, 0.15) is 10.6 Å². The first-order chi connectivity index (χ1) is 14.4. The number of benzene rings is 1. The molecule has 0 saturated heterocycles. The molecule has 158 valence electrons. The van der Waals surface area contributed by atoms with E-state index in [1.54, 1.807) is 48.1 Å². The molecular formula is C21H22ClN3O3S2. The molecule has 9 heteroatoms. The van der Waals surface area contributed by atoms with Crippen LogP contribution in [0.25, 0.3) is 10.2 Å². The van der Waals surface area contributed by atoms with Gasteiger partial charge in [0, 0.05) is 16.9 Å². The number of aromatic nitrogens is 2. The maximum Gasteiger partial charge on any atom is 0.262 e. The maximum atomic E-state index is 13.0. The van der Waals surface area contributed by atoms with E-state index in [2.05, 4.69) is 5.32 Å². The second-order valence-corrected chi connectivity index (χ2v) is 10.1. The maximum absolute atomic E-state index is 13.0. The molecule has 1 aromatic carbocycles. The largest absolute Gasteiger partial charge is 0.495 e. The fourth-order valence-electron chi connectivity index (χ4n) is 3.60. The molecule has 0 bridgehead atoms. The molecule has 1 aliphatic carbocycles. The first kappa shape index (κ1) is 21.2. The van der Waals surface area contributed by atoms with E-state index in [9.17, 15) is 9.59 Å². The Morgan fingerprint density at radius 3 is 2.90 bits per heavy atom. The summed E-state index contributed by atoms with van der Waals surface area (Å²) in [5, 5.41) is 4.17. The number of thioether (sulfide) groups is 1. The summed E-state index contributed by atoms with van der Waals surface area (Å²) in [5.41, 5.74) is 1.64. The van der Waals surface area contributed by atoms with E-state index in [4.69, 9.17) is 21.3 Å². The highest BCUT2D eigenvalue weighted by molar-refractivity contribution is 8.00. The summed E-state index contributed by atoms with van der Waals surface area (Å²) in [5.74, 6) is 0.307. The first-order valence-electron chi connectivity index (χ1n) is 9.71. The van der Waals surface area contributed by atoms with Crippen LogP contribution in [0.1, 0.15) is 30.2 Å². The summed E-state index contributed by atoms with van der Waals surface area (Å²) in [6, 6.07) is 5.04. The highest BCUT2D eigenvalue weighted by Gasteiger charge is 2.23. The lowest BCUT2D eigenvalue weighted by Crippen LogP contribution is -2.25. The predicted molar refractivity (Wildman–Crippen MR) is 123 cm³/mol. The van der Waals surface area contributed by atoms with Crippen molar-refractivity contribution in [2.24, 2.45) is 7.05 Å². The molecule has 0 spiro atoms. The third kappa shape index (κ3) is 3.96. The molecule has 0 fully saturated rings. The van der Waals surface area contributed by atoms with Crippen LogP contribution in [-0.4, -0.2) is 27.8 Å². The molecular weight excluding hydrogens is 442 g/mol. The molecule has 0 unspecified atom stereocenters. The summed E-state index contributed by atoms with van der Waals surface area (Å²) < 4.78 is 6.84. The summed E-state index contributed by atoms with van der Waals surface area (Å²) in [4.78, 5) is 32.6. The van der Waals surface area contributed by atoms with E-state index in [1.165, 1.54) is 29.3 Å². The van der Waals surface area contributed by atoms with Crippen LogP contribution in [0.3, 0.4) is 0 Å². The number of fused-ring (bicyclic) bond motifs is 3. The smallest absolute Gasteiger partial charge is 0.262 e. The number of carbonyl (C=O) groups excluding carboxylic acids is 1. The third-order valence-corrected chi connectivity index (χ3v) is 7.79. The van der Waals surface area contributed by atoms with E-state index in [1.807, 2.05) is 0 Å². The Balaban J connectivity index is 1.59. The van der Waals surface area contributed by atoms with Gasteiger partial charge < -0.3 is 10.1 Å². The molecule has 3 aromatic rings. The lowest BCUT2D eigenvalue weighted by atomic mass is 9.97. The van der Waals surface area contributed by atoms with Crippen molar-refractivity contribution < 1.29 is 9.53 Å². The summed E-state index contributed by atoms with van der Waals surface area (Å²) in [7, 11) is 3.25. The number of hydrogen-bond acceptors (Lipinski definition) is 6. The number of amides is 1. The van der Waals surface area contributed by atoms with Gasteiger partial charge in [0.05, 0.1) is 23.4 Å². The van der Waals surface area contributed by atoms with Gasteiger partial charge >= 0.3 is 0 Å². The van der Waals surface area contributed by atoms with Crippen molar-refractivity contribution >= 4 is 56.5 Å². The van der Waals surface area contributed by atoms with Crippen molar-refractivity contribution in [2.75, 3.05) is 12.4 Å². The molecule has 1 N–H and O–H groups in total. The number of methoxy groups -OCH3 is 1. The van der Waals surface area contributed by atoms with Crippen molar-refractivity contribution in [2.45, 2.75) is 43.0 Å². The number of thiophene rings is 1. The second kappa shape index (κ2) is 8.61. The predicted octanol–water partition coefficient (Wildman–Crippen LogP) is 4.66. The van der Waals surface area contributed by atoms with Gasteiger partial charge in [-0.2, -0.15) is 0 Å². The van der Waals surface area contributed by atoms with Crippen molar-refractivity contribution in [1.82, 2.24) is 9.55 Å². The molecule has 0 aliphatic heterocycles. The van der Waals surface area contributed by atoms with E-state index in [-0.39, 0.29) is 11.5 Å². The number of nitrogens with zero attached hydrogens (tertiary/aromatic N) is 2. The van der Waals surface area contributed by atoms with Crippen LogP contribution in [0.15, 0.2) is 28.2 Å². The Morgan fingerprint density at radius 1 is 1.37 bits per heavy atom. The van der Waals surface area contributed by atoms with Gasteiger partial charge in [-0.15, -0.1) is 11.3 Å². The van der Waals surface area contributed by atoms with Crippen molar-refractivity contribution in [3.05, 3.63) is 44.0 Å². The summed E-state index contributed by atoms with van der Waals surface area (Å²) in [6.45, 7) is 1.78. The van der Waals surface area contributed by atoms with Gasteiger partial charge in [-0.3, -0.25) is 14.2 Å². The van der Waals surface area contributed by atoms with Crippen LogP contribution >= 0.6 is 34.7 Å². The van der Waals surface area contributed by atoms with Crippen LogP contribution in [0.2, 0.25) is 5.02 Å². The SMILES string of the molecule is COc1ccc(Cl)cc1NC(=O)[C@@H](C)Sc1nc2sc3c(c2c(=O)n1C)CCCC3. The van der Waals surface area contributed by atoms with Crippen molar-refractivity contribution in [3.8, 4) is 5.75 Å². The van der Waals surface area contributed by atoms with Gasteiger partial charge in [0.2, 0.25) is 5.91 Å². The normalized spacial score (nSPS) is 14.4. The molecule has 2 aromatic heterocycles. The molecule has 2 heterocycles. The number of nitrogens with one attached hydrogen (secondary N) is 1. The van der Waals surface area contributed by atoms with Gasteiger partial charge in [0.15, 0.2) is 5.16 Å². The molecule has 30 heavy (non-hydrogen) atoms. The number of rotatable bonds is 5. The molecule has 1 atom stereocenters. The fraction of sp³-hybridized carbons (Fsp3) is 0.381. The third-order valence-electron chi connectivity index (χ3n) is 5.23. The van der Waals surface area contributed by atoms with Crippen LogP contribution < -0.4 is 15.6 Å². The topological polar surface area (TPSA) is 73.2 Å². The minimum atomic E-state index is -0.473. The average Bonchev–Trinajstić information content (AvgIpc) is 3.10. The Kier molecular flexibility index (Phi) is 6.09. The minimum absolute atomic E-state index is 0.0361. The quantitative estimate of drug-likeness (QED) is 0.440. The minimum Gasteiger partial charge on any atom is -0.495 e. The second-order valence-electron chi connectivity index (χ2n) is 7.24. The average molecular weight is 464 g/mol. The molecule has 0 radical (unpaired) electrons. The molecule has 6 nitrogen and oxygen atoms in total. The number of hydrogen-bond donors (Lipinski definition) is 1. The Bertz CT molecular complexity index is 1190. The molecule has 1 aliphatic rings. The van der Waals surface area contributed by atoms with Crippen LogP contribution in [0, 0.1) is 0 Å². The fourth-order valence-corrected chi connectivity index (χ4v) is 5.95. The van der Waals surface area contributed by atoms with Crippen LogP contribution in [0.4, 0.5) is 5.69 Å². The molecule has 4 rings (SSSR count). The number of anilines is 1. The van der Waals surface area contributed by atoms with Gasteiger partial charge in [-0.1, -0.05) is 23.4 Å². The van der Waals surface area contributed by atoms with E-state index < -0.39 is 5.25 Å². The monoisotopic (exact) mass is 463 g/mol. The molecule has 0 saturated carbocycles. The zero-order chi connectivity index (χ0) is 21.4. The first-order valence-corrected chi connectivity index (χ1v) is 11.8. The van der Waals surface area contributed by atoms with Gasteiger partial charge in [0.25, 0.3) is 5.56 Å². The van der Waals surface area contributed by atoms with Gasteiger partial charge in [-0.05, 0) is 56.4 Å². The van der Waals surface area contributed by atoms with Gasteiger partial charge in [-0.25, -0.2) is 4.98 Å². The van der Waals surface area contributed by atoms with Crippen LogP contribution in [0.5, 0.6) is 5.75 Å². The number of aryl methyl sites for hydroxylation is 2. The number of ether oxygens (including phenoxy) is 1. The van der Waals surface area contributed by atoms with E-state index in [0.29, 0.717) is 21.6 Å². The van der Waals surface area contributed by atoms with E-state index in [0.717, 1.165) is 35.9 Å². The lowest BCUT2D eigenvalue weighted by molar-refractivity contribution is -0.115. The molecule has 1 amide bonds. The summed E-state index contributed by atoms with van der Waals surface area (Å²) in [6.07, 6.45) is 4.23. The Morgan fingerprint density at radius 2 is 2.13 bits per heavy atom.